The van der Waals surface area contributed by atoms with Crippen LogP contribution in [0.2, 0.25) is 0 Å². The molecule has 4 aromatic carbocycles. The summed E-state index contributed by atoms with van der Waals surface area (Å²) >= 11 is 1.55. The summed E-state index contributed by atoms with van der Waals surface area (Å²) in [5.74, 6) is 0.784. The van der Waals surface area contributed by atoms with Gasteiger partial charge in [-0.05, 0) is 47.4 Å². The van der Waals surface area contributed by atoms with Crippen molar-refractivity contribution in [3.8, 4) is 0 Å². The van der Waals surface area contributed by atoms with E-state index in [-0.39, 0.29) is 11.9 Å². The lowest BCUT2D eigenvalue weighted by Gasteiger charge is -2.39. The Labute approximate surface area is 233 Å². The molecule has 0 N–H and O–H groups in total. The first-order chi connectivity index (χ1) is 19.2. The summed E-state index contributed by atoms with van der Waals surface area (Å²) in [5.41, 5.74) is 7.20. The highest BCUT2D eigenvalue weighted by molar-refractivity contribution is 7.98. The van der Waals surface area contributed by atoms with E-state index in [2.05, 4.69) is 76.6 Å². The fourth-order valence-electron chi connectivity index (χ4n) is 5.32. The van der Waals surface area contributed by atoms with Gasteiger partial charge < -0.3 is 9.32 Å². The van der Waals surface area contributed by atoms with Crippen molar-refractivity contribution in [2.24, 2.45) is 0 Å². The van der Waals surface area contributed by atoms with Gasteiger partial charge in [-0.1, -0.05) is 96.7 Å². The van der Waals surface area contributed by atoms with Crippen LogP contribution in [-0.2, 0) is 5.75 Å². The predicted molar refractivity (Wildman–Crippen MR) is 157 cm³/mol. The summed E-state index contributed by atoms with van der Waals surface area (Å²) in [4.78, 5) is 22.6. The van der Waals surface area contributed by atoms with Gasteiger partial charge in [-0.3, -0.25) is 9.69 Å². The van der Waals surface area contributed by atoms with Crippen LogP contribution >= 0.6 is 11.8 Å². The molecule has 39 heavy (non-hydrogen) atoms. The molecule has 1 aromatic heterocycles. The summed E-state index contributed by atoms with van der Waals surface area (Å²) in [6, 6.07) is 35.4. The van der Waals surface area contributed by atoms with Gasteiger partial charge in [0.15, 0.2) is 5.58 Å². The van der Waals surface area contributed by atoms with E-state index in [0.717, 1.165) is 40.9 Å². The number of rotatable bonds is 7. The molecule has 1 saturated heterocycles. The molecule has 1 amide bonds. The van der Waals surface area contributed by atoms with E-state index in [1.807, 2.05) is 48.2 Å². The number of hydrogen-bond donors (Lipinski definition) is 0. The number of thioether (sulfide) groups is 1. The van der Waals surface area contributed by atoms with Crippen LogP contribution in [0.5, 0.6) is 0 Å². The van der Waals surface area contributed by atoms with E-state index in [0.29, 0.717) is 24.1 Å². The van der Waals surface area contributed by atoms with Crippen LogP contribution in [0.3, 0.4) is 0 Å². The minimum atomic E-state index is 0.0926. The summed E-state index contributed by atoms with van der Waals surface area (Å²) in [7, 11) is 0. The van der Waals surface area contributed by atoms with Crippen molar-refractivity contribution in [2.75, 3.05) is 26.2 Å². The Hall–Kier alpha value is -3.87. The van der Waals surface area contributed by atoms with E-state index in [4.69, 9.17) is 4.42 Å². The molecule has 5 nitrogen and oxygen atoms in total. The second-order valence-electron chi connectivity index (χ2n) is 9.94. The number of nitrogens with zero attached hydrogens (tertiary/aromatic N) is 3. The zero-order chi connectivity index (χ0) is 26.6. The molecular formula is C33H31N3O2S. The van der Waals surface area contributed by atoms with Crippen LogP contribution < -0.4 is 0 Å². The number of aryl methyl sites for hydroxylation is 1. The van der Waals surface area contributed by atoms with Crippen LogP contribution in [0.15, 0.2) is 113 Å². The maximum Gasteiger partial charge on any atom is 0.257 e. The summed E-state index contributed by atoms with van der Waals surface area (Å²) in [6.45, 7) is 5.10. The lowest BCUT2D eigenvalue weighted by molar-refractivity contribution is 0.0597. The molecular weight excluding hydrogens is 502 g/mol. The average molecular weight is 534 g/mol. The number of oxazole rings is 1. The van der Waals surface area contributed by atoms with E-state index in [9.17, 15) is 4.79 Å². The number of carbonyl (C=O) groups excluding carboxylic acids is 1. The van der Waals surface area contributed by atoms with Gasteiger partial charge in [0, 0.05) is 37.5 Å². The van der Waals surface area contributed by atoms with Crippen LogP contribution in [0.4, 0.5) is 0 Å². The van der Waals surface area contributed by atoms with E-state index < -0.39 is 0 Å². The zero-order valence-corrected chi connectivity index (χ0v) is 22.8. The van der Waals surface area contributed by atoms with Crippen LogP contribution in [0.1, 0.15) is 38.7 Å². The maximum absolute atomic E-state index is 13.5. The first-order valence-electron chi connectivity index (χ1n) is 13.4. The van der Waals surface area contributed by atoms with Crippen molar-refractivity contribution in [1.82, 2.24) is 14.8 Å². The van der Waals surface area contributed by atoms with Gasteiger partial charge in [-0.15, -0.1) is 0 Å². The molecule has 1 aliphatic rings. The number of piperazine rings is 1. The molecule has 196 valence electrons. The first-order valence-corrected chi connectivity index (χ1v) is 14.4. The fraction of sp³-hybridized carbons (Fsp3) is 0.212. The molecule has 1 aliphatic heterocycles. The third kappa shape index (κ3) is 5.63. The van der Waals surface area contributed by atoms with Gasteiger partial charge in [0.2, 0.25) is 0 Å². The number of amides is 1. The lowest BCUT2D eigenvalue weighted by Crippen LogP contribution is -2.49. The van der Waals surface area contributed by atoms with Crippen molar-refractivity contribution in [1.29, 1.82) is 0 Å². The van der Waals surface area contributed by atoms with Crippen LogP contribution in [-0.4, -0.2) is 46.9 Å². The van der Waals surface area contributed by atoms with Crippen molar-refractivity contribution >= 4 is 28.8 Å². The molecule has 0 radical (unpaired) electrons. The molecule has 0 bridgehead atoms. The monoisotopic (exact) mass is 533 g/mol. The molecule has 0 spiro atoms. The van der Waals surface area contributed by atoms with Gasteiger partial charge >= 0.3 is 0 Å². The number of fused-ring (bicyclic) bond motifs is 1. The molecule has 0 aliphatic carbocycles. The Morgan fingerprint density at radius 3 is 2.18 bits per heavy atom. The summed E-state index contributed by atoms with van der Waals surface area (Å²) < 4.78 is 5.91. The van der Waals surface area contributed by atoms with Crippen molar-refractivity contribution in [3.63, 3.8) is 0 Å². The zero-order valence-electron chi connectivity index (χ0n) is 22.0. The molecule has 5 aromatic rings. The molecule has 1 fully saturated rings. The number of aromatic nitrogens is 1. The third-order valence-electron chi connectivity index (χ3n) is 7.33. The topological polar surface area (TPSA) is 49.6 Å². The minimum Gasteiger partial charge on any atom is -0.431 e. The highest BCUT2D eigenvalue weighted by atomic mass is 32.2. The standard InChI is InChI=1S/C33H31N3O2S/c1-24-10-8-17-29-30(24)34-33(38-29)39-23-25-11-9-16-28(22-25)32(37)36-20-18-35(19-21-36)31(26-12-4-2-5-13-26)27-14-6-3-7-15-27/h2-17,22,31H,18-21,23H2,1H3. The SMILES string of the molecule is Cc1cccc2oc(SCc3cccc(C(=O)N4CCN(C(c5ccccc5)c5ccccc5)CC4)c3)nc12. The second-order valence-corrected chi connectivity index (χ2v) is 10.9. The highest BCUT2D eigenvalue weighted by Crippen LogP contribution is 2.30. The Kier molecular flexibility index (Phi) is 7.48. The largest absolute Gasteiger partial charge is 0.431 e. The van der Waals surface area contributed by atoms with Crippen molar-refractivity contribution in [3.05, 3.63) is 131 Å². The Morgan fingerprint density at radius 1 is 0.846 bits per heavy atom. The third-order valence-corrected chi connectivity index (χ3v) is 8.23. The Bertz CT molecular complexity index is 1520. The quantitative estimate of drug-likeness (QED) is 0.211. The van der Waals surface area contributed by atoms with Crippen molar-refractivity contribution in [2.45, 2.75) is 23.9 Å². The summed E-state index contributed by atoms with van der Waals surface area (Å²) in [6.07, 6.45) is 0. The lowest BCUT2D eigenvalue weighted by atomic mass is 9.96. The van der Waals surface area contributed by atoms with Gasteiger partial charge in [-0.2, -0.15) is 0 Å². The van der Waals surface area contributed by atoms with E-state index in [1.165, 1.54) is 11.1 Å². The van der Waals surface area contributed by atoms with Gasteiger partial charge in [0.05, 0.1) is 6.04 Å². The molecule has 0 atom stereocenters. The van der Waals surface area contributed by atoms with Crippen LogP contribution in [0, 0.1) is 6.92 Å². The maximum atomic E-state index is 13.5. The number of carbonyl (C=O) groups is 1. The average Bonchev–Trinajstić information content (AvgIpc) is 3.42. The smallest absolute Gasteiger partial charge is 0.257 e. The van der Waals surface area contributed by atoms with Gasteiger partial charge in [-0.25, -0.2) is 4.98 Å². The minimum absolute atomic E-state index is 0.0926. The Morgan fingerprint density at radius 2 is 1.51 bits per heavy atom. The molecule has 0 saturated carbocycles. The van der Waals surface area contributed by atoms with Gasteiger partial charge in [0.25, 0.3) is 11.1 Å². The van der Waals surface area contributed by atoms with Crippen LogP contribution in [0.25, 0.3) is 11.1 Å². The number of benzene rings is 4. The normalized spacial score (nSPS) is 14.3. The van der Waals surface area contributed by atoms with E-state index >= 15 is 0 Å². The Balaban J connectivity index is 1.11. The molecule has 0 unspecified atom stereocenters. The first kappa shape index (κ1) is 25.4. The molecule has 6 heteroatoms. The number of para-hydroxylation sites is 1. The summed E-state index contributed by atoms with van der Waals surface area (Å²) in [5, 5.41) is 0.651. The predicted octanol–water partition coefficient (Wildman–Crippen LogP) is 6.98. The van der Waals surface area contributed by atoms with Gasteiger partial charge in [0.1, 0.15) is 5.52 Å². The van der Waals surface area contributed by atoms with Crippen molar-refractivity contribution < 1.29 is 9.21 Å². The highest BCUT2D eigenvalue weighted by Gasteiger charge is 2.28. The molecule has 2 heterocycles. The molecule has 6 rings (SSSR count). The fourth-order valence-corrected chi connectivity index (χ4v) is 6.09. The number of hydrogen-bond acceptors (Lipinski definition) is 5. The van der Waals surface area contributed by atoms with E-state index in [1.54, 1.807) is 11.8 Å². The second kappa shape index (κ2) is 11.5.